The van der Waals surface area contributed by atoms with Crippen molar-refractivity contribution in [2.45, 2.75) is 6.92 Å². The summed E-state index contributed by atoms with van der Waals surface area (Å²) in [6.45, 7) is 1.32. The van der Waals surface area contributed by atoms with E-state index in [2.05, 4.69) is 10.2 Å². The number of carbonyl (C=O) groups is 1. The van der Waals surface area contributed by atoms with E-state index in [0.717, 1.165) is 23.8 Å². The van der Waals surface area contributed by atoms with Crippen molar-refractivity contribution >= 4 is 18.4 Å². The molecule has 2 rings (SSSR count). The standard InChI is InChI=1S/C16H12F2N2O2/c1-11(21)22-16-4-2-12(3-5-16)9-19-20-10-13-6-14(17)8-15(18)7-13/h2-10H,1H3/b19-9+,20-10+. The summed E-state index contributed by atoms with van der Waals surface area (Å²) in [6, 6.07) is 9.71. The first kappa shape index (κ1) is 15.5. The Morgan fingerprint density at radius 1 is 0.955 bits per heavy atom. The molecular formula is C16H12F2N2O2. The van der Waals surface area contributed by atoms with Gasteiger partial charge >= 0.3 is 5.97 Å². The number of rotatable bonds is 4. The minimum atomic E-state index is -0.675. The van der Waals surface area contributed by atoms with E-state index in [9.17, 15) is 13.6 Å². The summed E-state index contributed by atoms with van der Waals surface area (Å²) >= 11 is 0. The lowest BCUT2D eigenvalue weighted by molar-refractivity contribution is -0.131. The summed E-state index contributed by atoms with van der Waals surface area (Å²) in [5.41, 5.74) is 1.01. The molecule has 22 heavy (non-hydrogen) atoms. The smallest absolute Gasteiger partial charge is 0.308 e. The summed E-state index contributed by atoms with van der Waals surface area (Å²) in [5, 5.41) is 7.49. The van der Waals surface area contributed by atoms with Gasteiger partial charge in [0.2, 0.25) is 0 Å². The summed E-state index contributed by atoms with van der Waals surface area (Å²) in [6.07, 6.45) is 2.71. The molecule has 0 unspecified atom stereocenters. The Balaban J connectivity index is 1.99. The Morgan fingerprint density at radius 2 is 1.50 bits per heavy atom. The van der Waals surface area contributed by atoms with Crippen molar-refractivity contribution in [2.24, 2.45) is 10.2 Å². The Morgan fingerprint density at radius 3 is 2.05 bits per heavy atom. The lowest BCUT2D eigenvalue weighted by Crippen LogP contribution is -2.00. The van der Waals surface area contributed by atoms with Gasteiger partial charge in [0.15, 0.2) is 0 Å². The molecule has 0 atom stereocenters. The van der Waals surface area contributed by atoms with Crippen LogP contribution in [0.15, 0.2) is 52.7 Å². The molecule has 4 nitrogen and oxygen atoms in total. The molecule has 0 fully saturated rings. The molecule has 2 aromatic carbocycles. The number of benzene rings is 2. The predicted molar refractivity (Wildman–Crippen MR) is 79.3 cm³/mol. The lowest BCUT2D eigenvalue weighted by atomic mass is 10.2. The first-order valence-corrected chi connectivity index (χ1v) is 6.34. The molecule has 0 aromatic heterocycles. The highest BCUT2D eigenvalue weighted by atomic mass is 19.1. The van der Waals surface area contributed by atoms with Crippen molar-refractivity contribution in [1.29, 1.82) is 0 Å². The molecular weight excluding hydrogens is 290 g/mol. The van der Waals surface area contributed by atoms with E-state index in [1.165, 1.54) is 19.4 Å². The van der Waals surface area contributed by atoms with Crippen molar-refractivity contribution < 1.29 is 18.3 Å². The van der Waals surface area contributed by atoms with Crippen LogP contribution in [0.1, 0.15) is 18.1 Å². The highest BCUT2D eigenvalue weighted by molar-refractivity contribution is 5.82. The topological polar surface area (TPSA) is 51.0 Å². The van der Waals surface area contributed by atoms with Crippen LogP contribution in [0.3, 0.4) is 0 Å². The largest absolute Gasteiger partial charge is 0.427 e. The van der Waals surface area contributed by atoms with Gasteiger partial charge in [-0.15, -0.1) is 0 Å². The van der Waals surface area contributed by atoms with Gasteiger partial charge in [-0.3, -0.25) is 4.79 Å². The molecule has 2 aromatic rings. The molecule has 0 saturated carbocycles. The number of halogens is 2. The van der Waals surface area contributed by atoms with Crippen molar-refractivity contribution in [2.75, 3.05) is 0 Å². The minimum absolute atomic E-state index is 0.278. The van der Waals surface area contributed by atoms with Gasteiger partial charge in [0.25, 0.3) is 0 Å². The summed E-state index contributed by atoms with van der Waals surface area (Å²) in [7, 11) is 0. The summed E-state index contributed by atoms with van der Waals surface area (Å²) in [4.78, 5) is 10.8. The fourth-order valence-electron chi connectivity index (χ4n) is 1.64. The van der Waals surface area contributed by atoms with Crippen molar-refractivity contribution in [1.82, 2.24) is 0 Å². The van der Waals surface area contributed by atoms with Gasteiger partial charge in [0, 0.05) is 18.6 Å². The second-order valence-electron chi connectivity index (χ2n) is 4.35. The Hall–Kier alpha value is -2.89. The molecule has 0 heterocycles. The lowest BCUT2D eigenvalue weighted by Gasteiger charge is -2.00. The molecule has 112 valence electrons. The van der Waals surface area contributed by atoms with Crippen molar-refractivity contribution in [3.63, 3.8) is 0 Å². The van der Waals surface area contributed by atoms with Gasteiger partial charge in [0.05, 0.1) is 12.4 Å². The SMILES string of the molecule is CC(=O)Oc1ccc(/C=N/N=C/c2cc(F)cc(F)c2)cc1. The first-order chi connectivity index (χ1) is 10.5. The average Bonchev–Trinajstić information content (AvgIpc) is 2.44. The maximum absolute atomic E-state index is 13.0. The molecule has 0 bridgehead atoms. The van der Waals surface area contributed by atoms with Crippen LogP contribution in [-0.2, 0) is 4.79 Å². The molecule has 0 radical (unpaired) electrons. The zero-order valence-corrected chi connectivity index (χ0v) is 11.7. The minimum Gasteiger partial charge on any atom is -0.427 e. The number of hydrogen-bond donors (Lipinski definition) is 0. The number of hydrogen-bond acceptors (Lipinski definition) is 4. The Kier molecular flexibility index (Phi) is 5.08. The van der Waals surface area contributed by atoms with Crippen LogP contribution in [0.25, 0.3) is 0 Å². The van der Waals surface area contributed by atoms with E-state index in [-0.39, 0.29) is 5.56 Å². The maximum Gasteiger partial charge on any atom is 0.308 e. The second kappa shape index (κ2) is 7.21. The Labute approximate surface area is 125 Å². The zero-order chi connectivity index (χ0) is 15.9. The molecule has 0 spiro atoms. The summed E-state index contributed by atoms with van der Waals surface area (Å²) in [5.74, 6) is -1.31. The van der Waals surface area contributed by atoms with Gasteiger partial charge in [-0.2, -0.15) is 10.2 Å². The van der Waals surface area contributed by atoms with Crippen LogP contribution >= 0.6 is 0 Å². The third-order valence-electron chi connectivity index (χ3n) is 2.51. The first-order valence-electron chi connectivity index (χ1n) is 6.34. The van der Waals surface area contributed by atoms with Gasteiger partial charge in [-0.05, 0) is 42.0 Å². The molecule has 0 aliphatic carbocycles. The van der Waals surface area contributed by atoms with Crippen LogP contribution in [0.4, 0.5) is 8.78 Å². The van der Waals surface area contributed by atoms with E-state index in [1.54, 1.807) is 24.3 Å². The van der Waals surface area contributed by atoms with E-state index in [0.29, 0.717) is 5.75 Å². The molecule has 0 N–H and O–H groups in total. The predicted octanol–water partition coefficient (Wildman–Crippen LogP) is 3.34. The van der Waals surface area contributed by atoms with Crippen LogP contribution in [0.5, 0.6) is 5.75 Å². The second-order valence-corrected chi connectivity index (χ2v) is 4.35. The fourth-order valence-corrected chi connectivity index (χ4v) is 1.64. The maximum atomic E-state index is 13.0. The third-order valence-corrected chi connectivity index (χ3v) is 2.51. The van der Waals surface area contributed by atoms with E-state index < -0.39 is 17.6 Å². The molecule has 6 heteroatoms. The number of esters is 1. The van der Waals surface area contributed by atoms with Crippen LogP contribution in [-0.4, -0.2) is 18.4 Å². The highest BCUT2D eigenvalue weighted by Crippen LogP contribution is 2.11. The van der Waals surface area contributed by atoms with E-state index in [4.69, 9.17) is 4.74 Å². The van der Waals surface area contributed by atoms with Gasteiger partial charge in [0.1, 0.15) is 17.4 Å². The van der Waals surface area contributed by atoms with Crippen LogP contribution < -0.4 is 4.74 Å². The quantitative estimate of drug-likeness (QED) is 0.376. The van der Waals surface area contributed by atoms with Crippen LogP contribution in [0.2, 0.25) is 0 Å². The van der Waals surface area contributed by atoms with Gasteiger partial charge in [-0.25, -0.2) is 8.78 Å². The molecule has 0 amide bonds. The average molecular weight is 302 g/mol. The zero-order valence-electron chi connectivity index (χ0n) is 11.7. The number of carbonyl (C=O) groups excluding carboxylic acids is 1. The monoisotopic (exact) mass is 302 g/mol. The fraction of sp³-hybridized carbons (Fsp3) is 0.0625. The molecule has 0 aliphatic heterocycles. The summed E-state index contributed by atoms with van der Waals surface area (Å²) < 4.78 is 30.8. The Bertz CT molecular complexity index is 705. The van der Waals surface area contributed by atoms with Crippen LogP contribution in [0, 0.1) is 11.6 Å². The van der Waals surface area contributed by atoms with Gasteiger partial charge in [-0.1, -0.05) is 0 Å². The number of ether oxygens (including phenoxy) is 1. The van der Waals surface area contributed by atoms with Crippen molar-refractivity contribution in [3.8, 4) is 5.75 Å². The normalized spacial score (nSPS) is 11.2. The van der Waals surface area contributed by atoms with E-state index in [1.807, 2.05) is 0 Å². The van der Waals surface area contributed by atoms with Gasteiger partial charge < -0.3 is 4.74 Å². The van der Waals surface area contributed by atoms with Crippen molar-refractivity contribution in [3.05, 3.63) is 65.2 Å². The molecule has 0 saturated heterocycles. The highest BCUT2D eigenvalue weighted by Gasteiger charge is 1.98. The van der Waals surface area contributed by atoms with E-state index >= 15 is 0 Å². The third kappa shape index (κ3) is 4.90. The molecule has 0 aliphatic rings. The number of nitrogens with zero attached hydrogens (tertiary/aromatic N) is 2.